The quantitative estimate of drug-likeness (QED) is 0.643. The van der Waals surface area contributed by atoms with E-state index >= 15 is 0 Å². The molecule has 0 aliphatic carbocycles. The fourth-order valence-corrected chi connectivity index (χ4v) is 1.47. The molecule has 1 aromatic carbocycles. The standard InChI is InChI=1S/C13H21N3O2/c1-3-5-18-12-7-10(14)6-11(8-12)16-9-13(17)15-4-2/h6-8,16H,3-5,9,14H2,1-2H3,(H,15,17). The lowest BCUT2D eigenvalue weighted by molar-refractivity contribution is -0.119. The number of benzene rings is 1. The molecule has 5 nitrogen and oxygen atoms in total. The molecule has 0 saturated heterocycles. The Hall–Kier alpha value is -1.91. The number of hydrogen-bond donors (Lipinski definition) is 3. The number of anilines is 2. The Bertz CT molecular complexity index is 394. The highest BCUT2D eigenvalue weighted by atomic mass is 16.5. The van der Waals surface area contributed by atoms with Crippen LogP contribution in [-0.4, -0.2) is 25.6 Å². The SMILES string of the molecule is CCCOc1cc(N)cc(NCC(=O)NCC)c1. The van der Waals surface area contributed by atoms with Crippen molar-refractivity contribution in [1.82, 2.24) is 5.32 Å². The van der Waals surface area contributed by atoms with Gasteiger partial charge in [0.2, 0.25) is 5.91 Å². The van der Waals surface area contributed by atoms with Gasteiger partial charge in [0.05, 0.1) is 13.2 Å². The van der Waals surface area contributed by atoms with Gasteiger partial charge in [-0.3, -0.25) is 4.79 Å². The first kappa shape index (κ1) is 14.2. The van der Waals surface area contributed by atoms with E-state index in [4.69, 9.17) is 10.5 Å². The molecule has 0 radical (unpaired) electrons. The number of rotatable bonds is 7. The van der Waals surface area contributed by atoms with E-state index in [1.807, 2.05) is 19.9 Å². The van der Waals surface area contributed by atoms with Gasteiger partial charge in [-0.25, -0.2) is 0 Å². The first-order chi connectivity index (χ1) is 8.65. The van der Waals surface area contributed by atoms with Crippen LogP contribution in [0.4, 0.5) is 11.4 Å². The first-order valence-corrected chi connectivity index (χ1v) is 6.19. The second kappa shape index (κ2) is 7.42. The zero-order chi connectivity index (χ0) is 13.4. The monoisotopic (exact) mass is 251 g/mol. The molecule has 1 rings (SSSR count). The van der Waals surface area contributed by atoms with Crippen molar-refractivity contribution in [2.24, 2.45) is 0 Å². The fraction of sp³-hybridized carbons (Fsp3) is 0.462. The summed E-state index contributed by atoms with van der Waals surface area (Å²) in [6.07, 6.45) is 0.941. The van der Waals surface area contributed by atoms with Gasteiger partial charge in [-0.1, -0.05) is 6.92 Å². The van der Waals surface area contributed by atoms with E-state index in [9.17, 15) is 4.79 Å². The normalized spacial score (nSPS) is 9.89. The molecule has 100 valence electrons. The van der Waals surface area contributed by atoms with Crippen molar-refractivity contribution in [1.29, 1.82) is 0 Å². The smallest absolute Gasteiger partial charge is 0.239 e. The minimum absolute atomic E-state index is 0.0454. The number of carbonyl (C=O) groups is 1. The third-order valence-corrected chi connectivity index (χ3v) is 2.23. The Labute approximate surface area is 108 Å². The lowest BCUT2D eigenvalue weighted by Gasteiger charge is -2.10. The van der Waals surface area contributed by atoms with E-state index < -0.39 is 0 Å². The van der Waals surface area contributed by atoms with Crippen LogP contribution in [0.2, 0.25) is 0 Å². The van der Waals surface area contributed by atoms with E-state index in [1.54, 1.807) is 12.1 Å². The molecule has 0 spiro atoms. The minimum atomic E-state index is -0.0454. The van der Waals surface area contributed by atoms with Gasteiger partial charge in [0.1, 0.15) is 5.75 Å². The Kier molecular flexibility index (Phi) is 5.84. The molecule has 0 aliphatic rings. The largest absolute Gasteiger partial charge is 0.493 e. The van der Waals surface area contributed by atoms with Crippen molar-refractivity contribution in [2.75, 3.05) is 30.7 Å². The number of nitrogens with two attached hydrogens (primary N) is 1. The molecule has 0 aromatic heterocycles. The molecule has 5 heteroatoms. The lowest BCUT2D eigenvalue weighted by Crippen LogP contribution is -2.29. The van der Waals surface area contributed by atoms with Crippen molar-refractivity contribution >= 4 is 17.3 Å². The summed E-state index contributed by atoms with van der Waals surface area (Å²) in [4.78, 5) is 11.3. The van der Waals surface area contributed by atoms with Crippen molar-refractivity contribution < 1.29 is 9.53 Å². The van der Waals surface area contributed by atoms with Crippen molar-refractivity contribution in [3.8, 4) is 5.75 Å². The molecule has 18 heavy (non-hydrogen) atoms. The van der Waals surface area contributed by atoms with Crippen LogP contribution in [0, 0.1) is 0 Å². The van der Waals surface area contributed by atoms with Crippen molar-refractivity contribution in [3.63, 3.8) is 0 Å². The Morgan fingerprint density at radius 1 is 1.33 bits per heavy atom. The van der Waals surface area contributed by atoms with Gasteiger partial charge < -0.3 is 21.1 Å². The minimum Gasteiger partial charge on any atom is -0.493 e. The van der Waals surface area contributed by atoms with E-state index in [2.05, 4.69) is 10.6 Å². The predicted octanol–water partition coefficient (Wildman–Crippen LogP) is 1.61. The Morgan fingerprint density at radius 2 is 2.11 bits per heavy atom. The molecule has 0 aliphatic heterocycles. The maximum Gasteiger partial charge on any atom is 0.239 e. The average molecular weight is 251 g/mol. The number of carbonyl (C=O) groups excluding carboxylic acids is 1. The number of nitrogen functional groups attached to an aromatic ring is 1. The van der Waals surface area contributed by atoms with E-state index in [-0.39, 0.29) is 12.5 Å². The van der Waals surface area contributed by atoms with Crippen LogP contribution in [0.1, 0.15) is 20.3 Å². The summed E-state index contributed by atoms with van der Waals surface area (Å²) in [6, 6.07) is 5.39. The Balaban J connectivity index is 2.59. The summed E-state index contributed by atoms with van der Waals surface area (Å²) in [5, 5.41) is 5.73. The molecule has 0 atom stereocenters. The van der Waals surface area contributed by atoms with Crippen LogP contribution >= 0.6 is 0 Å². The van der Waals surface area contributed by atoms with E-state index in [0.717, 1.165) is 17.9 Å². The molecule has 0 bridgehead atoms. The first-order valence-electron chi connectivity index (χ1n) is 6.19. The van der Waals surface area contributed by atoms with Crippen LogP contribution < -0.4 is 21.1 Å². The van der Waals surface area contributed by atoms with Gasteiger partial charge in [0, 0.05) is 30.1 Å². The Morgan fingerprint density at radius 3 is 2.78 bits per heavy atom. The summed E-state index contributed by atoms with van der Waals surface area (Å²) in [7, 11) is 0. The second-order valence-corrected chi connectivity index (χ2v) is 3.95. The number of amides is 1. The van der Waals surface area contributed by atoms with Gasteiger partial charge >= 0.3 is 0 Å². The van der Waals surface area contributed by atoms with Crippen molar-refractivity contribution in [2.45, 2.75) is 20.3 Å². The summed E-state index contributed by atoms with van der Waals surface area (Å²) < 4.78 is 5.51. The second-order valence-electron chi connectivity index (χ2n) is 3.95. The molecule has 0 unspecified atom stereocenters. The maximum absolute atomic E-state index is 11.3. The highest BCUT2D eigenvalue weighted by molar-refractivity contribution is 5.80. The van der Waals surface area contributed by atoms with Gasteiger partial charge in [-0.05, 0) is 19.4 Å². The molecular formula is C13H21N3O2. The molecule has 0 fully saturated rings. The zero-order valence-corrected chi connectivity index (χ0v) is 11.0. The summed E-state index contributed by atoms with van der Waals surface area (Å²) in [5.74, 6) is 0.672. The number of nitrogens with one attached hydrogen (secondary N) is 2. The van der Waals surface area contributed by atoms with Gasteiger partial charge in [-0.2, -0.15) is 0 Å². The van der Waals surface area contributed by atoms with Crippen LogP contribution in [0.25, 0.3) is 0 Å². The van der Waals surface area contributed by atoms with Crippen molar-refractivity contribution in [3.05, 3.63) is 18.2 Å². The fourth-order valence-electron chi connectivity index (χ4n) is 1.47. The summed E-state index contributed by atoms with van der Waals surface area (Å²) >= 11 is 0. The summed E-state index contributed by atoms with van der Waals surface area (Å²) in [6.45, 7) is 5.43. The molecule has 0 heterocycles. The van der Waals surface area contributed by atoms with Gasteiger partial charge in [0.15, 0.2) is 0 Å². The van der Waals surface area contributed by atoms with Crippen LogP contribution in [0.15, 0.2) is 18.2 Å². The zero-order valence-electron chi connectivity index (χ0n) is 11.0. The highest BCUT2D eigenvalue weighted by Crippen LogP contribution is 2.22. The molecule has 4 N–H and O–H groups in total. The predicted molar refractivity (Wildman–Crippen MR) is 73.8 cm³/mol. The number of likely N-dealkylation sites (N-methyl/N-ethyl adjacent to an activating group) is 1. The van der Waals surface area contributed by atoms with E-state index in [0.29, 0.717) is 18.8 Å². The summed E-state index contributed by atoms with van der Waals surface area (Å²) in [5.41, 5.74) is 7.17. The number of hydrogen-bond acceptors (Lipinski definition) is 4. The average Bonchev–Trinajstić information content (AvgIpc) is 2.34. The van der Waals surface area contributed by atoms with Crippen LogP contribution in [-0.2, 0) is 4.79 Å². The molecule has 0 saturated carbocycles. The topological polar surface area (TPSA) is 76.4 Å². The van der Waals surface area contributed by atoms with Crippen LogP contribution in [0.3, 0.4) is 0 Å². The van der Waals surface area contributed by atoms with E-state index in [1.165, 1.54) is 0 Å². The third-order valence-electron chi connectivity index (χ3n) is 2.23. The highest BCUT2D eigenvalue weighted by Gasteiger charge is 2.02. The maximum atomic E-state index is 11.3. The molecular weight excluding hydrogens is 230 g/mol. The third kappa shape index (κ3) is 4.95. The van der Waals surface area contributed by atoms with Crippen LogP contribution in [0.5, 0.6) is 5.75 Å². The molecule has 1 aromatic rings. The number of ether oxygens (including phenoxy) is 1. The lowest BCUT2D eigenvalue weighted by atomic mass is 10.2. The molecule has 1 amide bonds. The van der Waals surface area contributed by atoms with Gasteiger partial charge in [0.25, 0.3) is 0 Å². The van der Waals surface area contributed by atoms with Gasteiger partial charge in [-0.15, -0.1) is 0 Å².